The lowest BCUT2D eigenvalue weighted by Gasteiger charge is -2.06. The molecule has 0 aliphatic heterocycles. The molecule has 3 aromatic rings. The van der Waals surface area contributed by atoms with Crippen molar-refractivity contribution in [1.82, 2.24) is 9.97 Å². The van der Waals surface area contributed by atoms with Crippen LogP contribution < -0.4 is 0 Å². The third-order valence-corrected chi connectivity index (χ3v) is 4.18. The van der Waals surface area contributed by atoms with E-state index in [0.29, 0.717) is 16.3 Å². The van der Waals surface area contributed by atoms with Gasteiger partial charge in [-0.1, -0.05) is 18.2 Å². The first-order valence-corrected chi connectivity index (χ1v) is 7.93. The van der Waals surface area contributed by atoms with Crippen LogP contribution in [0.25, 0.3) is 11.3 Å². The molecule has 0 unspecified atom stereocenters. The van der Waals surface area contributed by atoms with E-state index in [1.807, 2.05) is 0 Å². The first-order valence-electron chi connectivity index (χ1n) is 7.05. The van der Waals surface area contributed by atoms with E-state index in [2.05, 4.69) is 9.97 Å². The number of nitro benzene ring substituents is 1. The standard InChI is InChI=1S/C16H10F3N3O2S/c17-16(18,19)14-6-2-4-11(20-14)8-15-21-13(9-25-15)10-3-1-5-12(7-10)22(23)24/h1-7,9H,8H2. The van der Waals surface area contributed by atoms with E-state index in [1.165, 1.54) is 35.6 Å². The number of nitro groups is 1. The van der Waals surface area contributed by atoms with Gasteiger partial charge in [0.05, 0.1) is 15.6 Å². The molecule has 0 saturated heterocycles. The molecule has 0 bridgehead atoms. The third kappa shape index (κ3) is 4.00. The summed E-state index contributed by atoms with van der Waals surface area (Å²) >= 11 is 1.26. The number of nitrogens with zero attached hydrogens (tertiary/aromatic N) is 3. The Labute approximate surface area is 144 Å². The summed E-state index contributed by atoms with van der Waals surface area (Å²) in [5.41, 5.74) is 0.381. The van der Waals surface area contributed by atoms with Crippen LogP contribution in [0.4, 0.5) is 18.9 Å². The van der Waals surface area contributed by atoms with Crippen molar-refractivity contribution in [3.8, 4) is 11.3 Å². The summed E-state index contributed by atoms with van der Waals surface area (Å²) in [6.45, 7) is 0. The molecule has 0 saturated carbocycles. The molecule has 25 heavy (non-hydrogen) atoms. The Bertz CT molecular complexity index is 925. The fourth-order valence-electron chi connectivity index (χ4n) is 2.19. The molecule has 2 heterocycles. The van der Waals surface area contributed by atoms with Crippen LogP contribution in [-0.4, -0.2) is 14.9 Å². The number of hydrogen-bond acceptors (Lipinski definition) is 5. The zero-order valence-corrected chi connectivity index (χ0v) is 13.3. The molecular formula is C16H10F3N3O2S. The van der Waals surface area contributed by atoms with Crippen molar-refractivity contribution in [3.63, 3.8) is 0 Å². The largest absolute Gasteiger partial charge is 0.433 e. The van der Waals surface area contributed by atoms with E-state index in [1.54, 1.807) is 17.5 Å². The van der Waals surface area contributed by atoms with Crippen LogP contribution in [0.5, 0.6) is 0 Å². The summed E-state index contributed by atoms with van der Waals surface area (Å²) in [5.74, 6) is 0. The van der Waals surface area contributed by atoms with E-state index in [0.717, 1.165) is 6.07 Å². The van der Waals surface area contributed by atoms with Gasteiger partial charge in [-0.2, -0.15) is 13.2 Å². The Morgan fingerprint density at radius 3 is 2.60 bits per heavy atom. The Hall–Kier alpha value is -2.81. The minimum atomic E-state index is -4.49. The lowest BCUT2D eigenvalue weighted by molar-refractivity contribution is -0.384. The highest BCUT2D eigenvalue weighted by atomic mass is 32.1. The van der Waals surface area contributed by atoms with Gasteiger partial charge in [0.15, 0.2) is 0 Å². The van der Waals surface area contributed by atoms with E-state index >= 15 is 0 Å². The van der Waals surface area contributed by atoms with Crippen LogP contribution in [0.1, 0.15) is 16.4 Å². The first-order chi connectivity index (χ1) is 11.8. The SMILES string of the molecule is O=[N+]([O-])c1cccc(-c2csc(Cc3cccc(C(F)(F)F)n3)n2)c1. The molecule has 0 fully saturated rings. The molecule has 2 aromatic heterocycles. The number of thiazole rings is 1. The molecule has 0 aliphatic rings. The van der Waals surface area contributed by atoms with Gasteiger partial charge in [0, 0.05) is 35.2 Å². The predicted molar refractivity (Wildman–Crippen MR) is 86.2 cm³/mol. The molecule has 0 spiro atoms. The van der Waals surface area contributed by atoms with Gasteiger partial charge in [-0.3, -0.25) is 10.1 Å². The van der Waals surface area contributed by atoms with Crippen LogP contribution in [0.2, 0.25) is 0 Å². The fraction of sp³-hybridized carbons (Fsp3) is 0.125. The van der Waals surface area contributed by atoms with Crippen molar-refractivity contribution in [1.29, 1.82) is 0 Å². The number of halogens is 3. The van der Waals surface area contributed by atoms with Crippen molar-refractivity contribution >= 4 is 17.0 Å². The summed E-state index contributed by atoms with van der Waals surface area (Å²) in [5, 5.41) is 13.1. The normalized spacial score (nSPS) is 11.5. The number of alkyl halides is 3. The summed E-state index contributed by atoms with van der Waals surface area (Å²) in [6.07, 6.45) is -4.34. The second-order valence-corrected chi connectivity index (χ2v) is 6.07. The molecular weight excluding hydrogens is 355 g/mol. The average molecular weight is 365 g/mol. The molecule has 128 valence electrons. The van der Waals surface area contributed by atoms with E-state index in [4.69, 9.17) is 0 Å². The van der Waals surface area contributed by atoms with Gasteiger partial charge in [0.25, 0.3) is 5.69 Å². The summed E-state index contributed by atoms with van der Waals surface area (Å²) in [7, 11) is 0. The quantitative estimate of drug-likeness (QED) is 0.495. The van der Waals surface area contributed by atoms with Gasteiger partial charge in [-0.15, -0.1) is 11.3 Å². The summed E-state index contributed by atoms with van der Waals surface area (Å²) in [4.78, 5) is 18.3. The van der Waals surface area contributed by atoms with E-state index in [9.17, 15) is 23.3 Å². The molecule has 3 rings (SSSR count). The van der Waals surface area contributed by atoms with Gasteiger partial charge >= 0.3 is 6.18 Å². The van der Waals surface area contributed by atoms with Crippen molar-refractivity contribution in [2.45, 2.75) is 12.6 Å². The van der Waals surface area contributed by atoms with E-state index in [-0.39, 0.29) is 17.8 Å². The van der Waals surface area contributed by atoms with Crippen molar-refractivity contribution in [3.05, 3.63) is 74.4 Å². The molecule has 1 aromatic carbocycles. The average Bonchev–Trinajstić information content (AvgIpc) is 3.03. The highest BCUT2D eigenvalue weighted by Gasteiger charge is 2.32. The van der Waals surface area contributed by atoms with Gasteiger partial charge in [-0.05, 0) is 12.1 Å². The van der Waals surface area contributed by atoms with Crippen molar-refractivity contribution < 1.29 is 18.1 Å². The molecule has 0 amide bonds. The van der Waals surface area contributed by atoms with Gasteiger partial charge < -0.3 is 0 Å². The third-order valence-electron chi connectivity index (χ3n) is 3.33. The van der Waals surface area contributed by atoms with Gasteiger partial charge in [-0.25, -0.2) is 9.97 Å². The maximum atomic E-state index is 12.7. The fourth-order valence-corrected chi connectivity index (χ4v) is 3.01. The molecule has 0 aliphatic carbocycles. The Morgan fingerprint density at radius 2 is 1.88 bits per heavy atom. The lowest BCUT2D eigenvalue weighted by atomic mass is 10.1. The zero-order chi connectivity index (χ0) is 18.0. The highest BCUT2D eigenvalue weighted by Crippen LogP contribution is 2.29. The van der Waals surface area contributed by atoms with Crippen LogP contribution >= 0.6 is 11.3 Å². The zero-order valence-electron chi connectivity index (χ0n) is 12.5. The maximum absolute atomic E-state index is 12.7. The topological polar surface area (TPSA) is 68.9 Å². The first kappa shape index (κ1) is 17.0. The lowest BCUT2D eigenvalue weighted by Crippen LogP contribution is -2.09. The van der Waals surface area contributed by atoms with Crippen LogP contribution in [0, 0.1) is 10.1 Å². The van der Waals surface area contributed by atoms with Crippen LogP contribution in [0.15, 0.2) is 47.8 Å². The Balaban J connectivity index is 1.83. The predicted octanol–water partition coefficient (Wildman–Crippen LogP) is 4.72. The number of pyridine rings is 1. The van der Waals surface area contributed by atoms with E-state index < -0.39 is 16.8 Å². The number of benzene rings is 1. The monoisotopic (exact) mass is 365 g/mol. The van der Waals surface area contributed by atoms with Crippen molar-refractivity contribution in [2.75, 3.05) is 0 Å². The summed E-state index contributed by atoms with van der Waals surface area (Å²) < 4.78 is 38.1. The minimum absolute atomic E-state index is 0.0494. The number of rotatable bonds is 4. The van der Waals surface area contributed by atoms with Crippen LogP contribution in [0.3, 0.4) is 0 Å². The molecule has 5 nitrogen and oxygen atoms in total. The highest BCUT2D eigenvalue weighted by molar-refractivity contribution is 7.10. The van der Waals surface area contributed by atoms with Gasteiger partial charge in [0.1, 0.15) is 5.69 Å². The van der Waals surface area contributed by atoms with Gasteiger partial charge in [0.2, 0.25) is 0 Å². The summed E-state index contributed by atoms with van der Waals surface area (Å²) in [6, 6.07) is 9.75. The Kier molecular flexibility index (Phi) is 4.49. The van der Waals surface area contributed by atoms with Crippen molar-refractivity contribution in [2.24, 2.45) is 0 Å². The minimum Gasteiger partial charge on any atom is -0.258 e. The number of aromatic nitrogens is 2. The Morgan fingerprint density at radius 1 is 1.12 bits per heavy atom. The smallest absolute Gasteiger partial charge is 0.258 e. The molecule has 0 N–H and O–H groups in total. The molecule has 0 atom stereocenters. The molecule has 9 heteroatoms. The maximum Gasteiger partial charge on any atom is 0.433 e. The second-order valence-electron chi connectivity index (χ2n) is 5.12. The number of non-ortho nitro benzene ring substituents is 1. The molecule has 0 radical (unpaired) electrons. The number of hydrogen-bond donors (Lipinski definition) is 0. The van der Waals surface area contributed by atoms with Crippen LogP contribution in [-0.2, 0) is 12.6 Å². The second kappa shape index (κ2) is 6.60.